The van der Waals surface area contributed by atoms with Crippen molar-refractivity contribution < 1.29 is 18.3 Å². The summed E-state index contributed by atoms with van der Waals surface area (Å²) in [6.45, 7) is 1.28. The molecule has 0 bridgehead atoms. The molecule has 7 heteroatoms. The van der Waals surface area contributed by atoms with Crippen molar-refractivity contribution in [2.45, 2.75) is 38.3 Å². The molecule has 142 valence electrons. The summed E-state index contributed by atoms with van der Waals surface area (Å²) in [5.74, 6) is -1.35. The molecular weight excluding hydrogens is 354 g/mol. The van der Waals surface area contributed by atoms with Crippen LogP contribution in [-0.2, 0) is 17.8 Å². The molecule has 0 N–H and O–H groups in total. The lowest BCUT2D eigenvalue weighted by Crippen LogP contribution is -2.37. The third-order valence-electron chi connectivity index (χ3n) is 5.25. The number of aromatic nitrogens is 1. The number of halogens is 2. The maximum absolute atomic E-state index is 13.8. The Labute approximate surface area is 155 Å². The molecular formula is C20H20F2N2O3. The van der Waals surface area contributed by atoms with Crippen molar-refractivity contribution >= 4 is 5.91 Å². The molecule has 0 radical (unpaired) electrons. The first-order valence-corrected chi connectivity index (χ1v) is 9.14. The highest BCUT2D eigenvalue weighted by Gasteiger charge is 2.34. The summed E-state index contributed by atoms with van der Waals surface area (Å²) in [5.41, 5.74) is 0.578. The van der Waals surface area contributed by atoms with Gasteiger partial charge in [-0.3, -0.25) is 14.2 Å². The standard InChI is InChI=1S/C20H20F2N2O3/c21-14-4-3-13(16(22)11-14)12-27-18-8-6-15-5-7-17(24(15)20(18)26)19(25)23-9-1-2-10-23/h3-4,6,8,11,17H,1-2,5,7,9-10,12H2/t17-/m0/s1. The third kappa shape index (κ3) is 3.34. The van der Waals surface area contributed by atoms with Gasteiger partial charge in [0.1, 0.15) is 24.3 Å². The van der Waals surface area contributed by atoms with E-state index in [1.165, 1.54) is 10.6 Å². The molecule has 2 aliphatic rings. The molecule has 1 atom stereocenters. The van der Waals surface area contributed by atoms with Crippen LogP contribution in [0.4, 0.5) is 8.78 Å². The molecule has 3 heterocycles. The van der Waals surface area contributed by atoms with E-state index in [1.54, 1.807) is 12.1 Å². The van der Waals surface area contributed by atoms with Crippen LogP contribution in [0, 0.1) is 11.6 Å². The van der Waals surface area contributed by atoms with Crippen LogP contribution in [0.25, 0.3) is 0 Å². The van der Waals surface area contributed by atoms with Crippen LogP contribution in [0.1, 0.15) is 36.6 Å². The summed E-state index contributed by atoms with van der Waals surface area (Å²) in [6.07, 6.45) is 3.24. The van der Waals surface area contributed by atoms with Crippen LogP contribution < -0.4 is 10.3 Å². The topological polar surface area (TPSA) is 51.5 Å². The lowest BCUT2D eigenvalue weighted by molar-refractivity contribution is -0.133. The Morgan fingerprint density at radius 2 is 1.93 bits per heavy atom. The molecule has 1 saturated heterocycles. The fourth-order valence-corrected chi connectivity index (χ4v) is 3.82. The Kier molecular flexibility index (Phi) is 4.68. The quantitative estimate of drug-likeness (QED) is 0.827. The van der Waals surface area contributed by atoms with E-state index in [0.717, 1.165) is 43.8 Å². The van der Waals surface area contributed by atoms with Gasteiger partial charge in [-0.25, -0.2) is 8.78 Å². The van der Waals surface area contributed by atoms with Crippen molar-refractivity contribution in [1.82, 2.24) is 9.47 Å². The second kappa shape index (κ2) is 7.13. The summed E-state index contributed by atoms with van der Waals surface area (Å²) in [4.78, 5) is 27.4. The summed E-state index contributed by atoms with van der Waals surface area (Å²) in [5, 5.41) is 0. The molecule has 0 aliphatic carbocycles. The van der Waals surface area contributed by atoms with Crippen molar-refractivity contribution in [3.05, 3.63) is 63.6 Å². The van der Waals surface area contributed by atoms with E-state index in [0.29, 0.717) is 12.8 Å². The summed E-state index contributed by atoms with van der Waals surface area (Å²) < 4.78 is 33.8. The van der Waals surface area contributed by atoms with Gasteiger partial charge in [-0.1, -0.05) is 0 Å². The second-order valence-electron chi connectivity index (χ2n) is 6.98. The Hall–Kier alpha value is -2.70. The van der Waals surface area contributed by atoms with Gasteiger partial charge in [-0.15, -0.1) is 0 Å². The molecule has 5 nitrogen and oxygen atoms in total. The fourth-order valence-electron chi connectivity index (χ4n) is 3.82. The van der Waals surface area contributed by atoms with E-state index in [9.17, 15) is 18.4 Å². The fraction of sp³-hybridized carbons (Fsp3) is 0.400. The number of nitrogens with zero attached hydrogens (tertiary/aromatic N) is 2. The number of aryl methyl sites for hydroxylation is 1. The van der Waals surface area contributed by atoms with Crippen LogP contribution in [0.2, 0.25) is 0 Å². The lowest BCUT2D eigenvalue weighted by atomic mass is 10.2. The van der Waals surface area contributed by atoms with Gasteiger partial charge in [0.15, 0.2) is 5.75 Å². The number of ether oxygens (including phenoxy) is 1. The zero-order valence-electron chi connectivity index (χ0n) is 14.8. The van der Waals surface area contributed by atoms with Crippen LogP contribution in [-0.4, -0.2) is 28.5 Å². The number of likely N-dealkylation sites (tertiary alicyclic amines) is 1. The van der Waals surface area contributed by atoms with E-state index in [-0.39, 0.29) is 29.4 Å². The second-order valence-corrected chi connectivity index (χ2v) is 6.98. The molecule has 0 unspecified atom stereocenters. The molecule has 1 aromatic carbocycles. The minimum Gasteiger partial charge on any atom is -0.483 e. The van der Waals surface area contributed by atoms with E-state index < -0.39 is 17.7 Å². The van der Waals surface area contributed by atoms with E-state index >= 15 is 0 Å². The number of hydrogen-bond donors (Lipinski definition) is 0. The van der Waals surface area contributed by atoms with Crippen LogP contribution >= 0.6 is 0 Å². The average molecular weight is 374 g/mol. The zero-order valence-corrected chi connectivity index (χ0v) is 14.8. The molecule has 1 fully saturated rings. The maximum atomic E-state index is 13.8. The number of fused-ring (bicyclic) bond motifs is 1. The van der Waals surface area contributed by atoms with Crippen molar-refractivity contribution in [3.63, 3.8) is 0 Å². The van der Waals surface area contributed by atoms with Crippen LogP contribution in [0.5, 0.6) is 5.75 Å². The Balaban J connectivity index is 1.56. The Bertz CT molecular complexity index is 935. The summed E-state index contributed by atoms with van der Waals surface area (Å²) in [7, 11) is 0. The number of carbonyl (C=O) groups excluding carboxylic acids is 1. The largest absolute Gasteiger partial charge is 0.483 e. The molecule has 1 amide bonds. The predicted molar refractivity (Wildman–Crippen MR) is 94.6 cm³/mol. The molecule has 0 spiro atoms. The number of carbonyl (C=O) groups is 1. The van der Waals surface area contributed by atoms with Crippen molar-refractivity contribution in [1.29, 1.82) is 0 Å². The van der Waals surface area contributed by atoms with Crippen molar-refractivity contribution in [3.8, 4) is 5.75 Å². The highest BCUT2D eigenvalue weighted by Crippen LogP contribution is 2.28. The van der Waals surface area contributed by atoms with Crippen LogP contribution in [0.15, 0.2) is 35.1 Å². The molecule has 2 aliphatic heterocycles. The minimum absolute atomic E-state index is 0.0184. The van der Waals surface area contributed by atoms with Gasteiger partial charge in [0.05, 0.1) is 0 Å². The van der Waals surface area contributed by atoms with Crippen molar-refractivity contribution in [2.24, 2.45) is 0 Å². The van der Waals surface area contributed by atoms with Crippen molar-refractivity contribution in [2.75, 3.05) is 13.1 Å². The monoisotopic (exact) mass is 374 g/mol. The van der Waals surface area contributed by atoms with Gasteiger partial charge in [-0.05, 0) is 49.9 Å². The highest BCUT2D eigenvalue weighted by atomic mass is 19.1. The number of pyridine rings is 1. The normalized spacial score (nSPS) is 18.6. The average Bonchev–Trinajstić information content (AvgIpc) is 3.32. The lowest BCUT2D eigenvalue weighted by Gasteiger charge is -2.22. The molecule has 2 aromatic rings. The smallest absolute Gasteiger partial charge is 0.293 e. The highest BCUT2D eigenvalue weighted by molar-refractivity contribution is 5.81. The van der Waals surface area contributed by atoms with E-state index in [2.05, 4.69) is 0 Å². The third-order valence-corrected chi connectivity index (χ3v) is 5.25. The summed E-state index contributed by atoms with van der Waals surface area (Å²) in [6, 6.07) is 6.03. The van der Waals surface area contributed by atoms with Gasteiger partial charge in [0, 0.05) is 30.4 Å². The molecule has 27 heavy (non-hydrogen) atoms. The SMILES string of the molecule is O=C([C@@H]1CCc2ccc(OCc3ccc(F)cc3F)c(=O)n21)N1CCCC1. The van der Waals surface area contributed by atoms with Crippen LogP contribution in [0.3, 0.4) is 0 Å². The zero-order chi connectivity index (χ0) is 19.0. The van der Waals surface area contributed by atoms with Gasteiger partial charge in [-0.2, -0.15) is 0 Å². The molecule has 1 aromatic heterocycles. The van der Waals surface area contributed by atoms with Gasteiger partial charge >= 0.3 is 0 Å². The Morgan fingerprint density at radius 3 is 2.67 bits per heavy atom. The minimum atomic E-state index is -0.724. The first-order valence-electron chi connectivity index (χ1n) is 9.14. The first kappa shape index (κ1) is 17.7. The van der Waals surface area contributed by atoms with Gasteiger partial charge in [0.25, 0.3) is 5.56 Å². The Morgan fingerprint density at radius 1 is 1.15 bits per heavy atom. The summed E-state index contributed by atoms with van der Waals surface area (Å²) >= 11 is 0. The molecule has 0 saturated carbocycles. The first-order chi connectivity index (χ1) is 13.0. The number of benzene rings is 1. The van der Waals surface area contributed by atoms with E-state index in [1.807, 2.05) is 4.90 Å². The molecule has 4 rings (SSSR count). The van der Waals surface area contributed by atoms with Gasteiger partial charge in [0.2, 0.25) is 5.91 Å². The number of amides is 1. The maximum Gasteiger partial charge on any atom is 0.293 e. The van der Waals surface area contributed by atoms with E-state index in [4.69, 9.17) is 4.74 Å². The number of hydrogen-bond acceptors (Lipinski definition) is 3. The number of rotatable bonds is 4. The van der Waals surface area contributed by atoms with Gasteiger partial charge < -0.3 is 9.64 Å². The predicted octanol–water partition coefficient (Wildman–Crippen LogP) is 2.82.